The predicted octanol–water partition coefficient (Wildman–Crippen LogP) is 5.79. The van der Waals surface area contributed by atoms with E-state index >= 15 is 0 Å². The van der Waals surface area contributed by atoms with E-state index in [1.54, 1.807) is 0 Å². The van der Waals surface area contributed by atoms with Crippen LogP contribution in [0.25, 0.3) is 0 Å². The van der Waals surface area contributed by atoms with E-state index in [9.17, 15) is 23.2 Å². The molecule has 0 heterocycles. The van der Waals surface area contributed by atoms with Crippen molar-refractivity contribution in [1.29, 1.82) is 0 Å². The number of benzene rings is 2. The Hall–Kier alpha value is -1.84. The summed E-state index contributed by atoms with van der Waals surface area (Å²) in [5.41, 5.74) is -1.13. The molecule has 2 atom stereocenters. The van der Waals surface area contributed by atoms with Crippen LogP contribution in [0.5, 0.6) is 0 Å². The number of anilines is 3. The quantitative estimate of drug-likeness (QED) is 0.376. The molecule has 1 aliphatic rings. The van der Waals surface area contributed by atoms with Gasteiger partial charge >= 0.3 is 0 Å². The fourth-order valence-electron chi connectivity index (χ4n) is 2.73. The van der Waals surface area contributed by atoms with E-state index in [0.29, 0.717) is 6.42 Å². The Bertz CT molecular complexity index is 1130. The molecule has 3 amide bonds. The predicted molar refractivity (Wildman–Crippen MR) is 126 cm³/mol. The minimum Gasteiger partial charge on any atom is -0.326 e. The number of hydrogen-bond donors (Lipinski definition) is 3. The highest BCUT2D eigenvalue weighted by Crippen LogP contribution is 2.53. The van der Waals surface area contributed by atoms with Gasteiger partial charge in [-0.05, 0) is 36.8 Å². The summed E-state index contributed by atoms with van der Waals surface area (Å²) in [6, 6.07) is 5.88. The second-order valence-corrected chi connectivity index (χ2v) is 9.84. The van der Waals surface area contributed by atoms with Gasteiger partial charge in [0.15, 0.2) is 5.82 Å². The van der Waals surface area contributed by atoms with Gasteiger partial charge in [-0.25, -0.2) is 8.78 Å². The third kappa shape index (κ3) is 6.00. The van der Waals surface area contributed by atoms with Crippen molar-refractivity contribution < 1.29 is 23.2 Å². The first kappa shape index (κ1) is 25.8. The van der Waals surface area contributed by atoms with E-state index in [-0.39, 0.29) is 22.2 Å². The Morgan fingerprint density at radius 1 is 1.09 bits per heavy atom. The van der Waals surface area contributed by atoms with Gasteiger partial charge in [-0.3, -0.25) is 14.4 Å². The number of carbonyl (C=O) groups is 3. The van der Waals surface area contributed by atoms with Gasteiger partial charge in [0.2, 0.25) is 11.8 Å². The van der Waals surface area contributed by atoms with Gasteiger partial charge in [-0.1, -0.05) is 11.6 Å². The average Bonchev–Trinajstić information content (AvgIpc) is 3.41. The molecule has 2 aromatic rings. The number of halogens is 7. The molecule has 1 fully saturated rings. The van der Waals surface area contributed by atoms with Crippen molar-refractivity contribution in [3.63, 3.8) is 0 Å². The standard InChI is InChI=1S/C20H14Cl5F2N3O3/c21-7-12(23)19(33)30-16-13(26)3-4-14(15(16)27)29-17(31)9-5-8(1-2-11(9)22)28-18(32)10-6-20(10,24)25/h1-5,10,12H,6-7H2,(H,28,32)(H,29,31)(H,30,33)/t10-,12?/m1/s1. The maximum atomic E-state index is 14.8. The van der Waals surface area contributed by atoms with Crippen molar-refractivity contribution in [2.75, 3.05) is 21.8 Å². The van der Waals surface area contributed by atoms with Crippen LogP contribution in [0.15, 0.2) is 30.3 Å². The fourth-order valence-corrected chi connectivity index (χ4v) is 3.63. The van der Waals surface area contributed by atoms with E-state index in [0.717, 1.165) is 12.1 Å². The van der Waals surface area contributed by atoms with Crippen LogP contribution in [0, 0.1) is 17.6 Å². The first-order valence-electron chi connectivity index (χ1n) is 9.23. The van der Waals surface area contributed by atoms with Crippen LogP contribution in [0.1, 0.15) is 16.8 Å². The van der Waals surface area contributed by atoms with E-state index in [2.05, 4.69) is 10.6 Å². The molecule has 13 heteroatoms. The molecule has 1 aliphatic carbocycles. The normalized spacial score (nSPS) is 17.1. The van der Waals surface area contributed by atoms with E-state index in [4.69, 9.17) is 58.0 Å². The van der Waals surface area contributed by atoms with Crippen LogP contribution in [-0.2, 0) is 9.59 Å². The average molecular weight is 560 g/mol. The Morgan fingerprint density at radius 2 is 1.76 bits per heavy atom. The van der Waals surface area contributed by atoms with Gasteiger partial charge < -0.3 is 16.0 Å². The summed E-state index contributed by atoms with van der Waals surface area (Å²) in [7, 11) is 0. The van der Waals surface area contributed by atoms with Crippen molar-refractivity contribution in [3.05, 3.63) is 52.6 Å². The first-order valence-corrected chi connectivity index (χ1v) is 11.3. The number of carbonyl (C=O) groups excluding carboxylic acids is 3. The Balaban J connectivity index is 1.79. The summed E-state index contributed by atoms with van der Waals surface area (Å²) in [6.07, 6.45) is 0.293. The van der Waals surface area contributed by atoms with Crippen LogP contribution in [0.4, 0.5) is 25.8 Å². The molecule has 0 aromatic heterocycles. The Kier molecular flexibility index (Phi) is 7.96. The molecule has 0 radical (unpaired) electrons. The van der Waals surface area contributed by atoms with Gasteiger partial charge in [-0.2, -0.15) is 0 Å². The number of hydrogen-bond acceptors (Lipinski definition) is 3. The summed E-state index contributed by atoms with van der Waals surface area (Å²) in [5.74, 6) is -5.43. The van der Waals surface area contributed by atoms with Crippen LogP contribution in [-0.4, -0.2) is 33.3 Å². The van der Waals surface area contributed by atoms with Crippen molar-refractivity contribution >= 4 is 92.8 Å². The van der Waals surface area contributed by atoms with Crippen molar-refractivity contribution in [2.45, 2.75) is 16.1 Å². The van der Waals surface area contributed by atoms with E-state index < -0.39 is 56.4 Å². The van der Waals surface area contributed by atoms with Crippen LogP contribution in [0.3, 0.4) is 0 Å². The van der Waals surface area contributed by atoms with Crippen molar-refractivity contribution in [1.82, 2.24) is 0 Å². The topological polar surface area (TPSA) is 87.3 Å². The Morgan fingerprint density at radius 3 is 2.36 bits per heavy atom. The minimum absolute atomic E-state index is 0.00379. The smallest absolute Gasteiger partial charge is 0.257 e. The molecule has 0 spiro atoms. The number of rotatable bonds is 7. The first-order chi connectivity index (χ1) is 15.4. The lowest BCUT2D eigenvalue weighted by Crippen LogP contribution is -2.26. The van der Waals surface area contributed by atoms with E-state index in [1.165, 1.54) is 18.2 Å². The molecule has 3 rings (SSSR count). The second-order valence-electron chi connectivity index (χ2n) is 7.05. The zero-order valence-corrected chi connectivity index (χ0v) is 20.1. The van der Waals surface area contributed by atoms with Gasteiger partial charge in [0, 0.05) is 11.6 Å². The third-order valence-electron chi connectivity index (χ3n) is 4.63. The number of amides is 3. The van der Waals surface area contributed by atoms with Crippen molar-refractivity contribution in [3.8, 4) is 0 Å². The molecule has 0 aliphatic heterocycles. The summed E-state index contributed by atoms with van der Waals surface area (Å²) in [4.78, 5) is 36.7. The van der Waals surface area contributed by atoms with Crippen LogP contribution < -0.4 is 16.0 Å². The highest BCUT2D eigenvalue weighted by atomic mass is 35.5. The SMILES string of the molecule is O=C(Nc1ccc(F)c(NC(=O)C(Cl)CCl)c1F)c1cc(NC(=O)[C@H]2CC2(Cl)Cl)ccc1Cl. The zero-order valence-electron chi connectivity index (χ0n) is 16.3. The molecule has 6 nitrogen and oxygen atoms in total. The second kappa shape index (κ2) is 10.2. The molecular weight excluding hydrogens is 545 g/mol. The molecule has 33 heavy (non-hydrogen) atoms. The van der Waals surface area contributed by atoms with Crippen molar-refractivity contribution in [2.24, 2.45) is 5.92 Å². The number of alkyl halides is 4. The molecule has 3 N–H and O–H groups in total. The summed E-state index contributed by atoms with van der Waals surface area (Å²) >= 11 is 29.0. The maximum absolute atomic E-state index is 14.8. The van der Waals surface area contributed by atoms with Gasteiger partial charge in [0.1, 0.15) is 21.2 Å². The minimum atomic E-state index is -1.25. The lowest BCUT2D eigenvalue weighted by molar-refractivity contribution is -0.117. The maximum Gasteiger partial charge on any atom is 0.257 e. The van der Waals surface area contributed by atoms with E-state index in [1.807, 2.05) is 5.32 Å². The molecule has 1 unspecified atom stereocenters. The molecule has 0 saturated heterocycles. The Labute approximate surface area is 211 Å². The van der Waals surface area contributed by atoms with Gasteiger partial charge in [0.25, 0.3) is 5.91 Å². The molecular formula is C20H14Cl5F2N3O3. The summed E-state index contributed by atoms with van der Waals surface area (Å²) in [5, 5.41) is 5.60. The zero-order chi connectivity index (χ0) is 24.5. The van der Waals surface area contributed by atoms with Crippen LogP contribution in [0.2, 0.25) is 5.02 Å². The number of nitrogens with one attached hydrogen (secondary N) is 3. The third-order valence-corrected chi connectivity index (χ3v) is 6.61. The lowest BCUT2D eigenvalue weighted by Gasteiger charge is -2.14. The lowest BCUT2D eigenvalue weighted by atomic mass is 10.1. The molecule has 176 valence electrons. The summed E-state index contributed by atoms with van der Waals surface area (Å²) < 4.78 is 27.7. The largest absolute Gasteiger partial charge is 0.326 e. The summed E-state index contributed by atoms with van der Waals surface area (Å²) in [6.45, 7) is 0. The molecule has 1 saturated carbocycles. The fraction of sp³-hybridized carbons (Fsp3) is 0.250. The van der Waals surface area contributed by atoms with Gasteiger partial charge in [0.05, 0.1) is 22.2 Å². The monoisotopic (exact) mass is 557 g/mol. The van der Waals surface area contributed by atoms with Gasteiger partial charge in [-0.15, -0.1) is 46.4 Å². The van der Waals surface area contributed by atoms with Crippen LogP contribution >= 0.6 is 58.0 Å². The molecule has 2 aromatic carbocycles. The highest BCUT2D eigenvalue weighted by molar-refractivity contribution is 6.52. The molecule has 0 bridgehead atoms. The highest BCUT2D eigenvalue weighted by Gasteiger charge is 2.56.